The molecule has 0 aromatic heterocycles. The molecule has 2 rings (SSSR count). The number of nitrogens with zero attached hydrogens (tertiary/aromatic N) is 2. The maximum atomic E-state index is 12.9. The average molecular weight is 206 g/mol. The Morgan fingerprint density at radius 3 is 2.80 bits per heavy atom. The molecule has 15 heavy (non-hydrogen) atoms. The summed E-state index contributed by atoms with van der Waals surface area (Å²) in [5.74, 6) is -0.339. The third-order valence-electron chi connectivity index (χ3n) is 2.54. The molecule has 0 radical (unpaired) electrons. The lowest BCUT2D eigenvalue weighted by molar-refractivity contribution is -0.0127. The molecular weight excluding hydrogens is 195 g/mol. The molecule has 1 aliphatic rings. The summed E-state index contributed by atoms with van der Waals surface area (Å²) in [7, 11) is 0. The van der Waals surface area contributed by atoms with Crippen molar-refractivity contribution in [2.75, 3.05) is 13.1 Å². The number of aliphatic hydroxyl groups excluding tert-OH is 1. The van der Waals surface area contributed by atoms with E-state index in [1.54, 1.807) is 12.1 Å². The minimum atomic E-state index is -0.455. The third kappa shape index (κ3) is 1.99. The van der Waals surface area contributed by atoms with Gasteiger partial charge in [0.05, 0.1) is 12.2 Å². The molecule has 1 saturated heterocycles. The largest absolute Gasteiger partial charge is 0.390 e. The maximum absolute atomic E-state index is 12.9. The van der Waals surface area contributed by atoms with Crippen LogP contribution in [0.25, 0.3) is 0 Å². The van der Waals surface area contributed by atoms with Gasteiger partial charge in [-0.3, -0.25) is 4.90 Å². The smallest absolute Gasteiger partial charge is 0.124 e. The van der Waals surface area contributed by atoms with Crippen LogP contribution < -0.4 is 0 Å². The summed E-state index contributed by atoms with van der Waals surface area (Å²) < 4.78 is 12.9. The molecule has 0 bridgehead atoms. The van der Waals surface area contributed by atoms with Gasteiger partial charge in [-0.1, -0.05) is 12.1 Å². The number of rotatable bonds is 2. The van der Waals surface area contributed by atoms with Crippen molar-refractivity contribution in [3.05, 3.63) is 35.6 Å². The van der Waals surface area contributed by atoms with Crippen LogP contribution in [0.5, 0.6) is 0 Å². The zero-order chi connectivity index (χ0) is 10.8. The fraction of sp³-hybridized carbons (Fsp3) is 0.364. The highest BCUT2D eigenvalue weighted by molar-refractivity contribution is 5.25. The van der Waals surface area contributed by atoms with Crippen LogP contribution in [0, 0.1) is 17.1 Å². The normalized spacial score (nSPS) is 19.3. The number of hydrogen-bond donors (Lipinski definition) is 1. The number of benzene rings is 1. The molecule has 0 unspecified atom stereocenters. The Labute approximate surface area is 87.4 Å². The van der Waals surface area contributed by atoms with E-state index in [4.69, 9.17) is 10.4 Å². The van der Waals surface area contributed by atoms with Crippen LogP contribution >= 0.6 is 0 Å². The standard InChI is InChI=1S/C11H11FN2O/c12-9-3-1-2-8(4-9)11(5-13)14-6-10(15)7-14/h1-4,10-11,15H,6-7H2/t11-/m0/s1. The Morgan fingerprint density at radius 2 is 2.27 bits per heavy atom. The molecule has 1 aliphatic heterocycles. The van der Waals surface area contributed by atoms with E-state index < -0.39 is 6.04 Å². The Morgan fingerprint density at radius 1 is 1.53 bits per heavy atom. The van der Waals surface area contributed by atoms with Crippen LogP contribution in [0.3, 0.4) is 0 Å². The second kappa shape index (κ2) is 3.97. The molecule has 0 amide bonds. The number of nitriles is 1. The number of β-amino-alcohol motifs (C(OH)–C–C–N with tert-alkyl or cyclic N) is 1. The van der Waals surface area contributed by atoms with Crippen molar-refractivity contribution in [3.8, 4) is 6.07 Å². The van der Waals surface area contributed by atoms with Gasteiger partial charge in [0.1, 0.15) is 11.9 Å². The number of likely N-dealkylation sites (tertiary alicyclic amines) is 1. The molecule has 1 atom stereocenters. The summed E-state index contributed by atoms with van der Waals surface area (Å²) in [5, 5.41) is 18.1. The van der Waals surface area contributed by atoms with Crippen LogP contribution in [-0.2, 0) is 0 Å². The van der Waals surface area contributed by atoms with Crippen LogP contribution in [0.2, 0.25) is 0 Å². The Hall–Kier alpha value is -1.44. The molecule has 78 valence electrons. The SMILES string of the molecule is N#C[C@@H](c1cccc(F)c1)N1CC(O)C1. The van der Waals surface area contributed by atoms with Crippen LogP contribution in [-0.4, -0.2) is 29.2 Å². The molecule has 1 fully saturated rings. The summed E-state index contributed by atoms with van der Waals surface area (Å²) in [4.78, 5) is 1.82. The van der Waals surface area contributed by atoms with Gasteiger partial charge >= 0.3 is 0 Å². The van der Waals surface area contributed by atoms with Gasteiger partial charge < -0.3 is 5.11 Å². The first-order valence-corrected chi connectivity index (χ1v) is 4.78. The van der Waals surface area contributed by atoms with Crippen LogP contribution in [0.4, 0.5) is 4.39 Å². The second-order valence-electron chi connectivity index (χ2n) is 3.69. The van der Waals surface area contributed by atoms with Gasteiger partial charge in [0.25, 0.3) is 0 Å². The van der Waals surface area contributed by atoms with Gasteiger partial charge in [-0.2, -0.15) is 5.26 Å². The van der Waals surface area contributed by atoms with Crippen LogP contribution in [0.1, 0.15) is 11.6 Å². The minimum absolute atomic E-state index is 0.339. The molecule has 3 nitrogen and oxygen atoms in total. The van der Waals surface area contributed by atoms with E-state index in [9.17, 15) is 4.39 Å². The zero-order valence-electron chi connectivity index (χ0n) is 8.10. The van der Waals surface area contributed by atoms with E-state index in [0.29, 0.717) is 18.7 Å². The number of aliphatic hydroxyl groups is 1. The molecule has 0 spiro atoms. The van der Waals surface area contributed by atoms with Crippen molar-refractivity contribution in [2.24, 2.45) is 0 Å². The predicted molar refractivity (Wildman–Crippen MR) is 52.3 cm³/mol. The van der Waals surface area contributed by atoms with E-state index in [1.165, 1.54) is 12.1 Å². The average Bonchev–Trinajstić information content (AvgIpc) is 2.16. The van der Waals surface area contributed by atoms with E-state index >= 15 is 0 Å². The Balaban J connectivity index is 2.17. The van der Waals surface area contributed by atoms with Crippen LogP contribution in [0.15, 0.2) is 24.3 Å². The first-order valence-electron chi connectivity index (χ1n) is 4.78. The molecule has 1 aromatic rings. The lowest BCUT2D eigenvalue weighted by Crippen LogP contribution is -2.51. The lowest BCUT2D eigenvalue weighted by Gasteiger charge is -2.38. The summed E-state index contributed by atoms with van der Waals surface area (Å²) >= 11 is 0. The highest BCUT2D eigenvalue weighted by atomic mass is 19.1. The van der Waals surface area contributed by atoms with Gasteiger partial charge in [-0.25, -0.2) is 4.39 Å². The number of halogens is 1. The number of hydrogen-bond acceptors (Lipinski definition) is 3. The van der Waals surface area contributed by atoms with Crippen molar-refractivity contribution in [1.82, 2.24) is 4.90 Å². The van der Waals surface area contributed by atoms with Gasteiger partial charge in [-0.05, 0) is 17.7 Å². The van der Waals surface area contributed by atoms with Crippen molar-refractivity contribution in [1.29, 1.82) is 5.26 Å². The zero-order valence-corrected chi connectivity index (χ0v) is 8.10. The predicted octanol–water partition coefficient (Wildman–Crippen LogP) is 1.07. The van der Waals surface area contributed by atoms with E-state index in [1.807, 2.05) is 4.90 Å². The molecule has 1 N–H and O–H groups in total. The Bertz CT molecular complexity index is 396. The molecule has 0 aliphatic carbocycles. The van der Waals surface area contributed by atoms with E-state index in [0.717, 1.165) is 0 Å². The van der Waals surface area contributed by atoms with Gasteiger partial charge in [0.15, 0.2) is 0 Å². The first-order chi connectivity index (χ1) is 7.20. The minimum Gasteiger partial charge on any atom is -0.390 e. The van der Waals surface area contributed by atoms with E-state index in [2.05, 4.69) is 6.07 Å². The molecular formula is C11H11FN2O. The van der Waals surface area contributed by atoms with Crippen molar-refractivity contribution >= 4 is 0 Å². The fourth-order valence-electron chi connectivity index (χ4n) is 1.74. The van der Waals surface area contributed by atoms with Gasteiger partial charge in [0, 0.05) is 13.1 Å². The van der Waals surface area contributed by atoms with Crippen molar-refractivity contribution < 1.29 is 9.50 Å². The second-order valence-corrected chi connectivity index (χ2v) is 3.69. The third-order valence-corrected chi connectivity index (χ3v) is 2.54. The highest BCUT2D eigenvalue weighted by Crippen LogP contribution is 2.25. The maximum Gasteiger partial charge on any atom is 0.124 e. The highest BCUT2D eigenvalue weighted by Gasteiger charge is 2.31. The molecule has 4 heteroatoms. The monoisotopic (exact) mass is 206 g/mol. The summed E-state index contributed by atoms with van der Waals surface area (Å²) in [6, 6.07) is 7.68. The topological polar surface area (TPSA) is 47.3 Å². The summed E-state index contributed by atoms with van der Waals surface area (Å²) in [5.41, 5.74) is 0.643. The van der Waals surface area contributed by atoms with E-state index in [-0.39, 0.29) is 11.9 Å². The molecule has 0 saturated carbocycles. The summed E-state index contributed by atoms with van der Waals surface area (Å²) in [6.07, 6.45) is -0.352. The summed E-state index contributed by atoms with van der Waals surface area (Å²) in [6.45, 7) is 0.962. The molecule has 1 heterocycles. The molecule has 1 aromatic carbocycles. The van der Waals surface area contributed by atoms with Gasteiger partial charge in [-0.15, -0.1) is 0 Å². The van der Waals surface area contributed by atoms with Crippen molar-refractivity contribution in [2.45, 2.75) is 12.1 Å². The quantitative estimate of drug-likeness (QED) is 0.787. The van der Waals surface area contributed by atoms with Crippen molar-refractivity contribution in [3.63, 3.8) is 0 Å². The fourth-order valence-corrected chi connectivity index (χ4v) is 1.74. The Kier molecular flexibility index (Phi) is 2.67. The van der Waals surface area contributed by atoms with Gasteiger partial charge in [0.2, 0.25) is 0 Å². The lowest BCUT2D eigenvalue weighted by atomic mass is 10.0. The first kappa shape index (κ1) is 10.1.